The van der Waals surface area contributed by atoms with Crippen LogP contribution in [0.2, 0.25) is 0 Å². The smallest absolute Gasteiger partial charge is 0.135 e. The molecule has 1 saturated carbocycles. The first-order valence-electron chi connectivity index (χ1n) is 9.48. The Kier molecular flexibility index (Phi) is 4.95. The van der Waals surface area contributed by atoms with Gasteiger partial charge in [0.25, 0.3) is 0 Å². The summed E-state index contributed by atoms with van der Waals surface area (Å²) < 4.78 is 20.9. The Bertz CT molecular complexity index is 932. The topological polar surface area (TPSA) is 35.2 Å². The molecule has 3 aromatic carbocycles. The van der Waals surface area contributed by atoms with Crippen LogP contribution in [0.25, 0.3) is 11.1 Å². The van der Waals surface area contributed by atoms with Crippen LogP contribution in [0.1, 0.15) is 48.4 Å². The van der Waals surface area contributed by atoms with Crippen LogP contribution in [0.4, 0.5) is 4.39 Å². The molecule has 3 aromatic rings. The van der Waals surface area contributed by atoms with Crippen LogP contribution in [0.5, 0.6) is 5.75 Å². The first-order valence-corrected chi connectivity index (χ1v) is 9.48. The predicted molar refractivity (Wildman–Crippen MR) is 107 cm³/mol. The third-order valence-electron chi connectivity index (χ3n) is 5.13. The summed E-state index contributed by atoms with van der Waals surface area (Å²) in [4.78, 5) is 0. The minimum absolute atomic E-state index is 0.235. The Morgan fingerprint density at radius 1 is 1.04 bits per heavy atom. The van der Waals surface area contributed by atoms with Crippen LogP contribution in [0.3, 0.4) is 0 Å². The molecule has 138 valence electrons. The molecule has 0 saturated heterocycles. The molecule has 0 amide bonds. The minimum atomic E-state index is -0.337. The van der Waals surface area contributed by atoms with Gasteiger partial charge in [-0.3, -0.25) is 0 Å². The number of hydrogen-bond donors (Lipinski definition) is 1. The lowest BCUT2D eigenvalue weighted by atomic mass is 9.94. The van der Waals surface area contributed by atoms with Gasteiger partial charge in [-0.1, -0.05) is 48.5 Å². The maximum absolute atomic E-state index is 15.0. The Morgan fingerprint density at radius 3 is 2.52 bits per heavy atom. The summed E-state index contributed by atoms with van der Waals surface area (Å²) in [5.74, 6) is 1.21. The Labute approximate surface area is 159 Å². The van der Waals surface area contributed by atoms with Crippen molar-refractivity contribution in [3.63, 3.8) is 0 Å². The van der Waals surface area contributed by atoms with E-state index in [2.05, 4.69) is 12.1 Å². The van der Waals surface area contributed by atoms with Gasteiger partial charge in [-0.25, -0.2) is 4.39 Å². The van der Waals surface area contributed by atoms with Gasteiger partial charge in [0.2, 0.25) is 0 Å². The number of nitrogens with two attached hydrogens (primary N) is 1. The largest absolute Gasteiger partial charge is 0.489 e. The van der Waals surface area contributed by atoms with Crippen LogP contribution in [0, 0.1) is 5.82 Å². The molecule has 2 nitrogen and oxygen atoms in total. The molecule has 4 rings (SSSR count). The van der Waals surface area contributed by atoms with Gasteiger partial charge in [-0.05, 0) is 60.6 Å². The summed E-state index contributed by atoms with van der Waals surface area (Å²) >= 11 is 0. The number of rotatable bonds is 6. The van der Waals surface area contributed by atoms with Gasteiger partial charge >= 0.3 is 0 Å². The SMILES string of the molecule is CC(N)c1cccc(-c2ccc(C3CC3)c(COc3ccccc3)c2)c1F. The Balaban J connectivity index is 1.68. The number of para-hydroxylation sites is 1. The van der Waals surface area contributed by atoms with Crippen molar-refractivity contribution in [3.8, 4) is 16.9 Å². The second-order valence-corrected chi connectivity index (χ2v) is 7.29. The zero-order valence-electron chi connectivity index (χ0n) is 15.5. The molecule has 3 heteroatoms. The van der Waals surface area contributed by atoms with Crippen molar-refractivity contribution >= 4 is 0 Å². The maximum Gasteiger partial charge on any atom is 0.135 e. The second-order valence-electron chi connectivity index (χ2n) is 7.29. The van der Waals surface area contributed by atoms with E-state index >= 15 is 0 Å². The van der Waals surface area contributed by atoms with E-state index in [9.17, 15) is 4.39 Å². The summed E-state index contributed by atoms with van der Waals surface area (Å²) in [6, 6.07) is 21.1. The summed E-state index contributed by atoms with van der Waals surface area (Å²) in [6.45, 7) is 2.29. The highest BCUT2D eigenvalue weighted by Crippen LogP contribution is 2.43. The van der Waals surface area contributed by atoms with Gasteiger partial charge in [-0.2, -0.15) is 0 Å². The molecule has 2 N–H and O–H groups in total. The highest BCUT2D eigenvalue weighted by Gasteiger charge is 2.26. The fourth-order valence-corrected chi connectivity index (χ4v) is 3.49. The number of benzene rings is 3. The lowest BCUT2D eigenvalue weighted by molar-refractivity contribution is 0.305. The normalized spacial score (nSPS) is 14.8. The van der Waals surface area contributed by atoms with E-state index in [-0.39, 0.29) is 11.9 Å². The molecule has 27 heavy (non-hydrogen) atoms. The van der Waals surface area contributed by atoms with Crippen molar-refractivity contribution in [2.24, 2.45) is 5.73 Å². The fourth-order valence-electron chi connectivity index (χ4n) is 3.49. The molecule has 0 spiro atoms. The molecule has 0 radical (unpaired) electrons. The number of hydrogen-bond acceptors (Lipinski definition) is 2. The van der Waals surface area contributed by atoms with Gasteiger partial charge in [0.05, 0.1) is 0 Å². The number of halogens is 1. The fraction of sp³-hybridized carbons (Fsp3) is 0.250. The molecule has 1 aliphatic rings. The van der Waals surface area contributed by atoms with Crippen molar-refractivity contribution in [1.29, 1.82) is 0 Å². The van der Waals surface area contributed by atoms with E-state index in [1.54, 1.807) is 13.0 Å². The molecule has 1 atom stereocenters. The van der Waals surface area contributed by atoms with Crippen LogP contribution in [0.15, 0.2) is 66.7 Å². The Hall–Kier alpha value is -2.65. The van der Waals surface area contributed by atoms with Gasteiger partial charge in [0, 0.05) is 17.2 Å². The summed E-state index contributed by atoms with van der Waals surface area (Å²) in [5, 5.41) is 0. The molecule has 0 bridgehead atoms. The highest BCUT2D eigenvalue weighted by molar-refractivity contribution is 5.67. The van der Waals surface area contributed by atoms with Crippen molar-refractivity contribution in [3.05, 3.63) is 89.2 Å². The van der Waals surface area contributed by atoms with Crippen LogP contribution in [-0.2, 0) is 6.61 Å². The van der Waals surface area contributed by atoms with Gasteiger partial charge in [0.1, 0.15) is 18.2 Å². The van der Waals surface area contributed by atoms with Gasteiger partial charge < -0.3 is 10.5 Å². The molecule has 1 unspecified atom stereocenters. The maximum atomic E-state index is 15.0. The van der Waals surface area contributed by atoms with E-state index in [1.807, 2.05) is 48.5 Å². The molecule has 0 heterocycles. The van der Waals surface area contributed by atoms with Crippen molar-refractivity contribution in [2.45, 2.75) is 38.3 Å². The average molecular weight is 361 g/mol. The van der Waals surface area contributed by atoms with Crippen LogP contribution in [-0.4, -0.2) is 0 Å². The summed E-state index contributed by atoms with van der Waals surface area (Å²) in [5.41, 5.74) is 10.4. The van der Waals surface area contributed by atoms with Crippen molar-refractivity contribution in [2.75, 3.05) is 0 Å². The van der Waals surface area contributed by atoms with Gasteiger partial charge in [0.15, 0.2) is 0 Å². The van der Waals surface area contributed by atoms with E-state index in [0.29, 0.717) is 23.7 Å². The zero-order chi connectivity index (χ0) is 18.8. The standard InChI is InChI=1S/C24H24FNO/c1-16(26)21-8-5-9-23(24(21)25)18-12-13-22(17-10-11-17)19(14-18)15-27-20-6-3-2-4-7-20/h2-9,12-14,16-17H,10-11,15,26H2,1H3. The molecule has 1 fully saturated rings. The van der Waals surface area contributed by atoms with E-state index in [1.165, 1.54) is 18.4 Å². The van der Waals surface area contributed by atoms with Crippen LogP contribution < -0.4 is 10.5 Å². The van der Waals surface area contributed by atoms with Crippen molar-refractivity contribution < 1.29 is 9.13 Å². The van der Waals surface area contributed by atoms with Crippen LogP contribution >= 0.6 is 0 Å². The van der Waals surface area contributed by atoms with E-state index in [0.717, 1.165) is 16.9 Å². The van der Waals surface area contributed by atoms with Crippen molar-refractivity contribution in [1.82, 2.24) is 0 Å². The molecular formula is C24H24FNO. The molecular weight excluding hydrogens is 337 g/mol. The monoisotopic (exact) mass is 361 g/mol. The molecule has 1 aliphatic carbocycles. The van der Waals surface area contributed by atoms with E-state index in [4.69, 9.17) is 10.5 Å². The van der Waals surface area contributed by atoms with E-state index < -0.39 is 0 Å². The average Bonchev–Trinajstić information content (AvgIpc) is 3.52. The third kappa shape index (κ3) is 3.88. The summed E-state index contributed by atoms with van der Waals surface area (Å²) in [6.07, 6.45) is 2.43. The minimum Gasteiger partial charge on any atom is -0.489 e. The first-order chi connectivity index (χ1) is 13.1. The quantitative estimate of drug-likeness (QED) is 0.587. The lowest BCUT2D eigenvalue weighted by Crippen LogP contribution is -2.08. The summed E-state index contributed by atoms with van der Waals surface area (Å²) in [7, 11) is 0. The third-order valence-corrected chi connectivity index (χ3v) is 5.13. The zero-order valence-corrected chi connectivity index (χ0v) is 15.5. The highest BCUT2D eigenvalue weighted by atomic mass is 19.1. The lowest BCUT2D eigenvalue weighted by Gasteiger charge is -2.15. The molecule has 0 aromatic heterocycles. The first kappa shape index (κ1) is 17.7. The predicted octanol–water partition coefficient (Wildman–Crippen LogP) is 5.97. The number of ether oxygens (including phenoxy) is 1. The van der Waals surface area contributed by atoms with Gasteiger partial charge in [-0.15, -0.1) is 0 Å². The Morgan fingerprint density at radius 2 is 1.81 bits per heavy atom. The second kappa shape index (κ2) is 7.53. The molecule has 0 aliphatic heterocycles.